The topological polar surface area (TPSA) is 101 Å². The lowest BCUT2D eigenvalue weighted by molar-refractivity contribution is 0.0994. The number of carbonyl (C=O) groups excluding carboxylic acids is 2. The Bertz CT molecular complexity index is 918. The Balaban J connectivity index is 1.65. The molecule has 3 N–H and O–H groups in total. The molecule has 7 heteroatoms. The van der Waals surface area contributed by atoms with E-state index >= 15 is 0 Å². The molecule has 0 unspecified atom stereocenters. The largest absolute Gasteiger partial charge is 0.507 e. The summed E-state index contributed by atoms with van der Waals surface area (Å²) in [7, 11) is 1.47. The van der Waals surface area contributed by atoms with Crippen LogP contribution in [0, 0.1) is 0 Å². The summed E-state index contributed by atoms with van der Waals surface area (Å²) in [4.78, 5) is 24.2. The number of hydrogen-bond acceptors (Lipinski definition) is 5. The monoisotopic (exact) mass is 352 g/mol. The smallest absolute Gasteiger partial charge is 0.291 e. The predicted molar refractivity (Wildman–Crippen MR) is 95.7 cm³/mol. The van der Waals surface area contributed by atoms with Crippen LogP contribution >= 0.6 is 0 Å². The van der Waals surface area contributed by atoms with Gasteiger partial charge in [0, 0.05) is 17.4 Å². The maximum Gasteiger partial charge on any atom is 0.291 e. The third-order valence-corrected chi connectivity index (χ3v) is 3.60. The summed E-state index contributed by atoms with van der Waals surface area (Å²) >= 11 is 0. The van der Waals surface area contributed by atoms with Crippen molar-refractivity contribution in [1.29, 1.82) is 0 Å². The van der Waals surface area contributed by atoms with Gasteiger partial charge in [0.05, 0.1) is 18.9 Å². The molecule has 7 nitrogen and oxygen atoms in total. The van der Waals surface area contributed by atoms with Gasteiger partial charge in [-0.25, -0.2) is 0 Å². The number of amides is 2. The Kier molecular flexibility index (Phi) is 4.89. The van der Waals surface area contributed by atoms with E-state index in [1.807, 2.05) is 0 Å². The highest BCUT2D eigenvalue weighted by atomic mass is 16.5. The Labute approximate surface area is 149 Å². The van der Waals surface area contributed by atoms with Crippen LogP contribution in [0.5, 0.6) is 11.5 Å². The van der Waals surface area contributed by atoms with Crippen LogP contribution in [0.2, 0.25) is 0 Å². The molecule has 3 rings (SSSR count). The van der Waals surface area contributed by atoms with Crippen molar-refractivity contribution in [3.05, 3.63) is 72.2 Å². The number of nitrogens with one attached hydrogen (secondary N) is 2. The second-order valence-corrected chi connectivity index (χ2v) is 5.35. The number of phenolic OH excluding ortho intramolecular Hbond substituents is 1. The first kappa shape index (κ1) is 17.1. The van der Waals surface area contributed by atoms with Gasteiger partial charge in [0.2, 0.25) is 0 Å². The Morgan fingerprint density at radius 1 is 0.962 bits per heavy atom. The fraction of sp³-hybridized carbons (Fsp3) is 0.0526. The fourth-order valence-electron chi connectivity index (χ4n) is 2.27. The molecule has 132 valence electrons. The molecule has 1 heterocycles. The fourth-order valence-corrected chi connectivity index (χ4v) is 2.27. The normalized spacial score (nSPS) is 10.2. The number of ether oxygens (including phenoxy) is 1. The van der Waals surface area contributed by atoms with Crippen LogP contribution in [-0.2, 0) is 0 Å². The van der Waals surface area contributed by atoms with Crippen LogP contribution in [0.4, 0.5) is 11.4 Å². The molecular weight excluding hydrogens is 336 g/mol. The quantitative estimate of drug-likeness (QED) is 0.652. The van der Waals surface area contributed by atoms with Crippen molar-refractivity contribution in [2.24, 2.45) is 0 Å². The number of carbonyl (C=O) groups is 2. The van der Waals surface area contributed by atoms with Crippen molar-refractivity contribution in [1.82, 2.24) is 0 Å². The summed E-state index contributed by atoms with van der Waals surface area (Å²) < 4.78 is 10.0. The van der Waals surface area contributed by atoms with Crippen LogP contribution in [-0.4, -0.2) is 24.0 Å². The molecule has 0 bridgehead atoms. The molecular formula is C19H16N2O5. The zero-order valence-corrected chi connectivity index (χ0v) is 13.9. The summed E-state index contributed by atoms with van der Waals surface area (Å²) in [5.41, 5.74) is 1.19. The number of rotatable bonds is 5. The Hall–Kier alpha value is -3.74. The van der Waals surface area contributed by atoms with E-state index in [4.69, 9.17) is 9.15 Å². The number of hydrogen-bond donors (Lipinski definition) is 3. The van der Waals surface area contributed by atoms with Crippen molar-refractivity contribution >= 4 is 23.2 Å². The lowest BCUT2D eigenvalue weighted by atomic mass is 10.1. The van der Waals surface area contributed by atoms with Crippen LogP contribution < -0.4 is 15.4 Å². The van der Waals surface area contributed by atoms with E-state index < -0.39 is 5.91 Å². The van der Waals surface area contributed by atoms with Gasteiger partial charge in [-0.2, -0.15) is 0 Å². The third-order valence-electron chi connectivity index (χ3n) is 3.60. The molecule has 0 aliphatic carbocycles. The minimum Gasteiger partial charge on any atom is -0.507 e. The predicted octanol–water partition coefficient (Wildman–Crippen LogP) is 3.50. The van der Waals surface area contributed by atoms with Crippen LogP contribution in [0.25, 0.3) is 0 Å². The van der Waals surface area contributed by atoms with Crippen molar-refractivity contribution in [2.75, 3.05) is 17.7 Å². The summed E-state index contributed by atoms with van der Waals surface area (Å²) in [5, 5.41) is 15.3. The molecule has 0 fully saturated rings. The standard InChI is InChI=1S/C19H16N2O5/c1-25-14-8-9-15(16(22)11-14)18(23)20-12-4-6-13(7-5-12)21-19(24)17-3-2-10-26-17/h2-11,22H,1H3,(H,20,23)(H,21,24). The van der Waals surface area contributed by atoms with E-state index in [0.717, 1.165) is 0 Å². The molecule has 0 radical (unpaired) electrons. The molecule has 0 aliphatic rings. The number of furan rings is 1. The zero-order valence-electron chi connectivity index (χ0n) is 13.9. The molecule has 0 aliphatic heterocycles. The van der Waals surface area contributed by atoms with Gasteiger partial charge in [-0.3, -0.25) is 9.59 Å². The average Bonchev–Trinajstić information content (AvgIpc) is 3.18. The number of aromatic hydroxyl groups is 1. The van der Waals surface area contributed by atoms with E-state index in [1.54, 1.807) is 42.5 Å². The van der Waals surface area contributed by atoms with Gasteiger partial charge in [0.25, 0.3) is 11.8 Å². The maximum absolute atomic E-state index is 12.3. The van der Waals surface area contributed by atoms with Gasteiger partial charge >= 0.3 is 0 Å². The molecule has 2 aromatic carbocycles. The molecule has 3 aromatic rings. The first-order chi connectivity index (χ1) is 12.6. The summed E-state index contributed by atoms with van der Waals surface area (Å²) in [6, 6.07) is 14.2. The van der Waals surface area contributed by atoms with E-state index in [2.05, 4.69) is 10.6 Å². The van der Waals surface area contributed by atoms with Gasteiger partial charge in [-0.1, -0.05) is 0 Å². The minimum absolute atomic E-state index is 0.126. The highest BCUT2D eigenvalue weighted by molar-refractivity contribution is 6.06. The third kappa shape index (κ3) is 3.84. The lowest BCUT2D eigenvalue weighted by Crippen LogP contribution is -2.13. The minimum atomic E-state index is -0.461. The summed E-state index contributed by atoms with van der Waals surface area (Å²) in [6.45, 7) is 0. The van der Waals surface area contributed by atoms with Crippen LogP contribution in [0.15, 0.2) is 65.3 Å². The SMILES string of the molecule is COc1ccc(C(=O)Nc2ccc(NC(=O)c3ccco3)cc2)c(O)c1. The van der Waals surface area contributed by atoms with Crippen molar-refractivity contribution < 1.29 is 23.8 Å². The highest BCUT2D eigenvalue weighted by Crippen LogP contribution is 2.24. The van der Waals surface area contributed by atoms with Gasteiger partial charge in [-0.05, 0) is 48.5 Å². The van der Waals surface area contributed by atoms with Crippen LogP contribution in [0.3, 0.4) is 0 Å². The Morgan fingerprint density at radius 3 is 2.15 bits per heavy atom. The number of anilines is 2. The average molecular weight is 352 g/mol. The number of methoxy groups -OCH3 is 1. The Morgan fingerprint density at radius 2 is 1.62 bits per heavy atom. The molecule has 2 amide bonds. The van der Waals surface area contributed by atoms with Gasteiger partial charge in [0.1, 0.15) is 11.5 Å². The first-order valence-corrected chi connectivity index (χ1v) is 7.70. The zero-order chi connectivity index (χ0) is 18.5. The van der Waals surface area contributed by atoms with Gasteiger partial charge in [0.15, 0.2) is 5.76 Å². The molecule has 0 saturated heterocycles. The van der Waals surface area contributed by atoms with E-state index in [1.165, 1.54) is 25.5 Å². The lowest BCUT2D eigenvalue weighted by Gasteiger charge is -2.09. The maximum atomic E-state index is 12.3. The first-order valence-electron chi connectivity index (χ1n) is 7.70. The number of phenols is 1. The van der Waals surface area contributed by atoms with Gasteiger partial charge in [-0.15, -0.1) is 0 Å². The van der Waals surface area contributed by atoms with Crippen molar-refractivity contribution in [3.63, 3.8) is 0 Å². The van der Waals surface area contributed by atoms with Crippen molar-refractivity contribution in [3.8, 4) is 11.5 Å². The van der Waals surface area contributed by atoms with E-state index in [-0.39, 0.29) is 23.0 Å². The highest BCUT2D eigenvalue weighted by Gasteiger charge is 2.13. The van der Waals surface area contributed by atoms with E-state index in [0.29, 0.717) is 17.1 Å². The summed E-state index contributed by atoms with van der Waals surface area (Å²) in [6.07, 6.45) is 1.42. The van der Waals surface area contributed by atoms with Gasteiger partial charge < -0.3 is 24.9 Å². The second kappa shape index (κ2) is 7.43. The molecule has 0 atom stereocenters. The summed E-state index contributed by atoms with van der Waals surface area (Å²) in [5.74, 6) is -0.343. The van der Waals surface area contributed by atoms with Crippen LogP contribution in [0.1, 0.15) is 20.9 Å². The van der Waals surface area contributed by atoms with E-state index in [9.17, 15) is 14.7 Å². The molecule has 1 aromatic heterocycles. The molecule has 26 heavy (non-hydrogen) atoms. The van der Waals surface area contributed by atoms with Crippen molar-refractivity contribution in [2.45, 2.75) is 0 Å². The molecule has 0 saturated carbocycles. The second-order valence-electron chi connectivity index (χ2n) is 5.35. The number of benzene rings is 2. The molecule has 0 spiro atoms.